The fraction of sp³-hybridized carbons (Fsp3) is 0.550. The average Bonchev–Trinajstić information content (AvgIpc) is 2.75. The molecule has 1 aromatic carbocycles. The number of allylic oxidation sites excluding steroid dienone is 1. The Morgan fingerprint density at radius 3 is 2.73 bits per heavy atom. The first-order valence-electron chi connectivity index (χ1n) is 9.43. The summed E-state index contributed by atoms with van der Waals surface area (Å²) >= 11 is 0. The highest BCUT2D eigenvalue weighted by Gasteiger charge is 2.54. The van der Waals surface area contributed by atoms with Crippen molar-refractivity contribution in [2.24, 2.45) is 0 Å². The molecule has 1 aromatic rings. The van der Waals surface area contributed by atoms with E-state index >= 15 is 0 Å². The zero-order valence-corrected chi connectivity index (χ0v) is 15.7. The Hall–Kier alpha value is -2.21. The number of aromatic hydroxyl groups is 1. The molecule has 6 nitrogen and oxygen atoms in total. The lowest BCUT2D eigenvalue weighted by Crippen LogP contribution is -2.52. The zero-order valence-electron chi connectivity index (χ0n) is 15.7. The van der Waals surface area contributed by atoms with E-state index in [4.69, 9.17) is 4.74 Å². The molecule has 0 radical (unpaired) electrons. The van der Waals surface area contributed by atoms with Gasteiger partial charge in [0.2, 0.25) is 0 Å². The fourth-order valence-corrected chi connectivity index (χ4v) is 5.00. The lowest BCUT2D eigenvalue weighted by molar-refractivity contribution is 0.141. The molecular formula is C20H27N3O3. The number of ether oxygens (including phenoxy) is 1. The highest BCUT2D eigenvalue weighted by Crippen LogP contribution is 2.48. The van der Waals surface area contributed by atoms with Crippen LogP contribution in [0.25, 0.3) is 0 Å². The van der Waals surface area contributed by atoms with Crippen LogP contribution in [0.2, 0.25) is 0 Å². The number of carbonyl (C=O) groups is 1. The number of urea groups is 1. The van der Waals surface area contributed by atoms with E-state index in [2.05, 4.69) is 25.2 Å². The van der Waals surface area contributed by atoms with E-state index in [-0.39, 0.29) is 23.2 Å². The lowest BCUT2D eigenvalue weighted by Gasteiger charge is -2.41. The third-order valence-electron chi connectivity index (χ3n) is 6.12. The molecule has 2 amide bonds. The van der Waals surface area contributed by atoms with Crippen molar-refractivity contribution in [1.82, 2.24) is 15.1 Å². The number of hydrogen-bond donors (Lipinski definition) is 2. The van der Waals surface area contributed by atoms with Crippen molar-refractivity contribution in [3.63, 3.8) is 0 Å². The summed E-state index contributed by atoms with van der Waals surface area (Å²) in [4.78, 5) is 17.2. The summed E-state index contributed by atoms with van der Waals surface area (Å²) in [6.07, 6.45) is 4.10. The molecule has 6 heteroatoms. The standard InChI is InChI=1S/C20H27N3O3/c1-4-23-19(25)22-12-14-10-15(24)11-16(26-3)18(14)13(2)9-17(22)20(23)5-7-21-8-6-20/h9-11,13,21,24H,4-8,12H2,1-3H3/t13-/m0/s1. The summed E-state index contributed by atoms with van der Waals surface area (Å²) in [7, 11) is 1.62. The second-order valence-electron chi connectivity index (χ2n) is 7.46. The minimum absolute atomic E-state index is 0.0722. The Morgan fingerprint density at radius 1 is 1.35 bits per heavy atom. The maximum atomic E-state index is 13.2. The largest absolute Gasteiger partial charge is 0.508 e. The molecule has 0 aromatic heterocycles. The summed E-state index contributed by atoms with van der Waals surface area (Å²) in [6, 6.07) is 3.50. The minimum atomic E-state index is -0.220. The van der Waals surface area contributed by atoms with Crippen LogP contribution in [0.15, 0.2) is 23.9 Å². The summed E-state index contributed by atoms with van der Waals surface area (Å²) < 4.78 is 5.53. The maximum absolute atomic E-state index is 13.2. The Bertz CT molecular complexity index is 768. The van der Waals surface area contributed by atoms with Crippen LogP contribution in [0.3, 0.4) is 0 Å². The van der Waals surface area contributed by atoms with Gasteiger partial charge in [0.15, 0.2) is 0 Å². The van der Waals surface area contributed by atoms with Gasteiger partial charge in [-0.2, -0.15) is 0 Å². The van der Waals surface area contributed by atoms with Crippen LogP contribution in [0.4, 0.5) is 4.79 Å². The molecule has 140 valence electrons. The molecule has 2 N–H and O–H groups in total. The SMILES string of the molecule is CCN1C(=O)N2Cc3cc(O)cc(OC)c3[C@@H](C)C=C2C12CCNCC2. The van der Waals surface area contributed by atoms with Crippen LogP contribution < -0.4 is 10.1 Å². The molecule has 4 rings (SSSR count). The van der Waals surface area contributed by atoms with Crippen molar-refractivity contribution in [3.8, 4) is 11.5 Å². The van der Waals surface area contributed by atoms with E-state index in [9.17, 15) is 9.90 Å². The highest BCUT2D eigenvalue weighted by atomic mass is 16.5. The van der Waals surface area contributed by atoms with Gasteiger partial charge in [0.05, 0.1) is 19.2 Å². The number of phenolic OH excluding ortho intramolecular Hbond substituents is 1. The number of amides is 2. The van der Waals surface area contributed by atoms with Gasteiger partial charge in [-0.25, -0.2) is 4.79 Å². The predicted molar refractivity (Wildman–Crippen MR) is 99.3 cm³/mol. The van der Waals surface area contributed by atoms with Gasteiger partial charge < -0.3 is 20.1 Å². The molecular weight excluding hydrogens is 330 g/mol. The third kappa shape index (κ3) is 2.31. The first-order chi connectivity index (χ1) is 12.5. The van der Waals surface area contributed by atoms with Crippen LogP contribution in [0.1, 0.15) is 43.7 Å². The van der Waals surface area contributed by atoms with Gasteiger partial charge in [-0.3, -0.25) is 4.90 Å². The number of hydrogen-bond acceptors (Lipinski definition) is 4. The maximum Gasteiger partial charge on any atom is 0.325 e. The van der Waals surface area contributed by atoms with Crippen molar-refractivity contribution in [2.75, 3.05) is 26.7 Å². The van der Waals surface area contributed by atoms with Gasteiger partial charge in [-0.15, -0.1) is 0 Å². The average molecular weight is 357 g/mol. The Labute approximate surface area is 154 Å². The van der Waals surface area contributed by atoms with Gasteiger partial charge >= 0.3 is 6.03 Å². The molecule has 0 unspecified atom stereocenters. The summed E-state index contributed by atoms with van der Waals surface area (Å²) in [5, 5.41) is 13.5. The Balaban J connectivity index is 1.87. The summed E-state index contributed by atoms with van der Waals surface area (Å²) in [5.41, 5.74) is 2.92. The molecule has 2 saturated heterocycles. The number of rotatable bonds is 2. The number of nitrogens with one attached hydrogen (secondary N) is 1. The van der Waals surface area contributed by atoms with E-state index in [1.54, 1.807) is 19.2 Å². The van der Waals surface area contributed by atoms with Crippen LogP contribution in [0.5, 0.6) is 11.5 Å². The van der Waals surface area contributed by atoms with E-state index in [0.717, 1.165) is 42.8 Å². The van der Waals surface area contributed by atoms with Crippen molar-refractivity contribution in [2.45, 2.75) is 44.7 Å². The van der Waals surface area contributed by atoms with Gasteiger partial charge in [-0.05, 0) is 44.5 Å². The van der Waals surface area contributed by atoms with Crippen LogP contribution >= 0.6 is 0 Å². The van der Waals surface area contributed by atoms with Crippen molar-refractivity contribution in [3.05, 3.63) is 35.0 Å². The summed E-state index contributed by atoms with van der Waals surface area (Å²) in [6.45, 7) is 7.21. The Morgan fingerprint density at radius 2 is 2.08 bits per heavy atom. The fourth-order valence-electron chi connectivity index (χ4n) is 5.00. The number of methoxy groups -OCH3 is 1. The monoisotopic (exact) mass is 357 g/mol. The number of benzene rings is 1. The first-order valence-corrected chi connectivity index (χ1v) is 9.43. The van der Waals surface area contributed by atoms with Gasteiger partial charge in [0.1, 0.15) is 11.5 Å². The van der Waals surface area contributed by atoms with E-state index in [0.29, 0.717) is 18.8 Å². The normalized spacial score (nSPS) is 24.2. The molecule has 2 fully saturated rings. The molecule has 1 spiro atoms. The highest BCUT2D eigenvalue weighted by molar-refractivity contribution is 5.83. The number of carbonyl (C=O) groups excluding carboxylic acids is 1. The first kappa shape index (κ1) is 17.2. The third-order valence-corrected chi connectivity index (χ3v) is 6.12. The van der Waals surface area contributed by atoms with Gasteiger partial charge in [0.25, 0.3) is 0 Å². The van der Waals surface area contributed by atoms with Crippen LogP contribution in [0, 0.1) is 0 Å². The molecule has 1 atom stereocenters. The zero-order chi connectivity index (χ0) is 18.5. The van der Waals surface area contributed by atoms with E-state index in [1.807, 2.05) is 9.80 Å². The molecule has 3 heterocycles. The number of likely N-dealkylation sites (N-methyl/N-ethyl adjacent to an activating group) is 1. The van der Waals surface area contributed by atoms with Gasteiger partial charge in [0, 0.05) is 29.8 Å². The van der Waals surface area contributed by atoms with Crippen molar-refractivity contribution >= 4 is 6.03 Å². The molecule has 3 aliphatic rings. The summed E-state index contributed by atoms with van der Waals surface area (Å²) in [5.74, 6) is 0.966. The predicted octanol–water partition coefficient (Wildman–Crippen LogP) is 2.78. The van der Waals surface area contributed by atoms with Crippen molar-refractivity contribution < 1.29 is 14.6 Å². The van der Waals surface area contributed by atoms with Crippen molar-refractivity contribution in [1.29, 1.82) is 0 Å². The molecule has 0 bridgehead atoms. The number of fused-ring (bicyclic) bond motifs is 3. The molecule has 26 heavy (non-hydrogen) atoms. The van der Waals surface area contributed by atoms with E-state index < -0.39 is 0 Å². The lowest BCUT2D eigenvalue weighted by atomic mass is 9.82. The minimum Gasteiger partial charge on any atom is -0.508 e. The quantitative estimate of drug-likeness (QED) is 0.854. The second-order valence-corrected chi connectivity index (χ2v) is 7.46. The second kappa shape index (κ2) is 6.20. The topological polar surface area (TPSA) is 65.0 Å². The number of phenols is 1. The van der Waals surface area contributed by atoms with Gasteiger partial charge in [-0.1, -0.05) is 13.0 Å². The number of piperidine rings is 1. The van der Waals surface area contributed by atoms with Crippen LogP contribution in [-0.2, 0) is 6.54 Å². The number of nitrogens with zero attached hydrogens (tertiary/aromatic N) is 2. The van der Waals surface area contributed by atoms with Crippen LogP contribution in [-0.4, -0.2) is 53.2 Å². The molecule has 3 aliphatic heterocycles. The smallest absolute Gasteiger partial charge is 0.325 e. The van der Waals surface area contributed by atoms with E-state index in [1.165, 1.54) is 0 Å². The molecule has 0 saturated carbocycles. The Kier molecular flexibility index (Phi) is 4.10. The molecule has 0 aliphatic carbocycles.